The standard InChI is InChI=1S/C13H16FNO/c14-12-3-1-2-10(6-12)7-15-8-13(16,9-15)11-4-5-11/h1-3,6,11,16H,4-5,7-9H2. The number of β-amino-alcohol motifs (C(OH)–C–C–N with tert-alkyl or cyclic N) is 1. The Bertz CT molecular complexity index is 397. The zero-order valence-corrected chi connectivity index (χ0v) is 9.19. The monoisotopic (exact) mass is 221 g/mol. The molecule has 2 fully saturated rings. The molecule has 2 nitrogen and oxygen atoms in total. The van der Waals surface area contributed by atoms with Crippen molar-refractivity contribution in [2.75, 3.05) is 13.1 Å². The van der Waals surface area contributed by atoms with Crippen molar-refractivity contribution in [3.63, 3.8) is 0 Å². The Labute approximate surface area is 94.7 Å². The molecule has 0 bridgehead atoms. The number of hydrogen-bond acceptors (Lipinski definition) is 2. The third-order valence-electron chi connectivity index (χ3n) is 3.63. The third kappa shape index (κ3) is 1.85. The lowest BCUT2D eigenvalue weighted by atomic mass is 9.88. The summed E-state index contributed by atoms with van der Waals surface area (Å²) in [6.07, 6.45) is 2.34. The van der Waals surface area contributed by atoms with Crippen LogP contribution in [-0.2, 0) is 6.54 Å². The van der Waals surface area contributed by atoms with Crippen molar-refractivity contribution in [1.29, 1.82) is 0 Å². The maximum absolute atomic E-state index is 13.0. The Morgan fingerprint density at radius 3 is 2.75 bits per heavy atom. The van der Waals surface area contributed by atoms with Crippen LogP contribution in [0.3, 0.4) is 0 Å². The summed E-state index contributed by atoms with van der Waals surface area (Å²) < 4.78 is 13.0. The van der Waals surface area contributed by atoms with Gasteiger partial charge < -0.3 is 5.11 Å². The van der Waals surface area contributed by atoms with E-state index in [1.165, 1.54) is 18.9 Å². The lowest BCUT2D eigenvalue weighted by Crippen LogP contribution is -2.62. The highest BCUT2D eigenvalue weighted by Crippen LogP contribution is 2.44. The van der Waals surface area contributed by atoms with Gasteiger partial charge in [0.05, 0.1) is 5.60 Å². The van der Waals surface area contributed by atoms with Gasteiger partial charge in [-0.15, -0.1) is 0 Å². The van der Waals surface area contributed by atoms with E-state index in [2.05, 4.69) is 4.90 Å². The largest absolute Gasteiger partial charge is 0.387 e. The van der Waals surface area contributed by atoms with Crippen LogP contribution in [0.25, 0.3) is 0 Å². The van der Waals surface area contributed by atoms with Crippen LogP contribution in [0.1, 0.15) is 18.4 Å². The number of benzene rings is 1. The highest BCUT2D eigenvalue weighted by molar-refractivity contribution is 5.17. The molecule has 1 heterocycles. The number of rotatable bonds is 3. The van der Waals surface area contributed by atoms with Crippen LogP contribution in [0.15, 0.2) is 24.3 Å². The fraction of sp³-hybridized carbons (Fsp3) is 0.538. The zero-order chi connectivity index (χ0) is 11.2. The third-order valence-corrected chi connectivity index (χ3v) is 3.63. The number of aliphatic hydroxyl groups is 1. The molecule has 0 unspecified atom stereocenters. The van der Waals surface area contributed by atoms with E-state index in [1.807, 2.05) is 6.07 Å². The Morgan fingerprint density at radius 2 is 2.12 bits per heavy atom. The molecule has 1 aliphatic carbocycles. The van der Waals surface area contributed by atoms with Gasteiger partial charge in [-0.2, -0.15) is 0 Å². The summed E-state index contributed by atoms with van der Waals surface area (Å²) in [5.74, 6) is 0.340. The van der Waals surface area contributed by atoms with Gasteiger partial charge in [0, 0.05) is 19.6 Å². The molecule has 86 valence electrons. The van der Waals surface area contributed by atoms with Gasteiger partial charge in [0.2, 0.25) is 0 Å². The van der Waals surface area contributed by atoms with Crippen molar-refractivity contribution in [2.24, 2.45) is 5.92 Å². The molecule has 0 atom stereocenters. The van der Waals surface area contributed by atoms with Gasteiger partial charge in [-0.3, -0.25) is 4.90 Å². The molecule has 0 amide bonds. The lowest BCUT2D eigenvalue weighted by Gasteiger charge is -2.47. The molecule has 0 radical (unpaired) electrons. The van der Waals surface area contributed by atoms with Crippen molar-refractivity contribution in [3.8, 4) is 0 Å². The molecule has 3 heteroatoms. The Balaban J connectivity index is 1.58. The van der Waals surface area contributed by atoms with Crippen LogP contribution in [0, 0.1) is 11.7 Å². The van der Waals surface area contributed by atoms with E-state index in [9.17, 15) is 9.50 Å². The first-order valence-electron chi connectivity index (χ1n) is 5.85. The molecule has 1 aromatic carbocycles. The van der Waals surface area contributed by atoms with Crippen LogP contribution < -0.4 is 0 Å². The number of halogens is 1. The first-order valence-corrected chi connectivity index (χ1v) is 5.85. The van der Waals surface area contributed by atoms with E-state index in [4.69, 9.17) is 0 Å². The summed E-state index contributed by atoms with van der Waals surface area (Å²) in [6.45, 7) is 2.23. The molecular weight excluding hydrogens is 205 g/mol. The highest BCUT2D eigenvalue weighted by atomic mass is 19.1. The van der Waals surface area contributed by atoms with Crippen LogP contribution >= 0.6 is 0 Å². The highest BCUT2D eigenvalue weighted by Gasteiger charge is 2.51. The SMILES string of the molecule is OC1(C2CC2)CN(Cc2cccc(F)c2)C1. The van der Waals surface area contributed by atoms with Gasteiger partial charge in [0.15, 0.2) is 0 Å². The Morgan fingerprint density at radius 1 is 1.38 bits per heavy atom. The molecule has 1 N–H and O–H groups in total. The summed E-state index contributed by atoms with van der Waals surface area (Å²) in [5, 5.41) is 10.1. The van der Waals surface area contributed by atoms with Gasteiger partial charge in [0.25, 0.3) is 0 Å². The Kier molecular flexibility index (Phi) is 2.26. The van der Waals surface area contributed by atoms with Crippen molar-refractivity contribution in [2.45, 2.75) is 25.0 Å². The second-order valence-corrected chi connectivity index (χ2v) is 5.15. The molecular formula is C13H16FNO. The number of likely N-dealkylation sites (tertiary alicyclic amines) is 1. The smallest absolute Gasteiger partial charge is 0.123 e. The van der Waals surface area contributed by atoms with Crippen molar-refractivity contribution in [3.05, 3.63) is 35.6 Å². The molecule has 1 saturated carbocycles. The summed E-state index contributed by atoms with van der Waals surface area (Å²) in [5.41, 5.74) is 0.547. The second-order valence-electron chi connectivity index (χ2n) is 5.15. The van der Waals surface area contributed by atoms with E-state index in [1.54, 1.807) is 12.1 Å². The fourth-order valence-corrected chi connectivity index (χ4v) is 2.61. The first-order chi connectivity index (χ1) is 7.66. The normalized spacial score (nSPS) is 24.1. The quantitative estimate of drug-likeness (QED) is 0.841. The average Bonchev–Trinajstić information content (AvgIpc) is 2.98. The van der Waals surface area contributed by atoms with Gasteiger partial charge in [-0.05, 0) is 36.5 Å². The molecule has 1 aliphatic heterocycles. The Hall–Kier alpha value is -0.930. The van der Waals surface area contributed by atoms with Gasteiger partial charge in [-0.25, -0.2) is 4.39 Å². The molecule has 0 aromatic heterocycles. The molecule has 16 heavy (non-hydrogen) atoms. The minimum Gasteiger partial charge on any atom is -0.387 e. The maximum atomic E-state index is 13.0. The second kappa shape index (κ2) is 3.54. The van der Waals surface area contributed by atoms with E-state index in [0.717, 1.165) is 25.2 Å². The van der Waals surface area contributed by atoms with Gasteiger partial charge >= 0.3 is 0 Å². The van der Waals surface area contributed by atoms with Crippen LogP contribution in [0.2, 0.25) is 0 Å². The topological polar surface area (TPSA) is 23.5 Å². The minimum atomic E-state index is -0.437. The number of hydrogen-bond donors (Lipinski definition) is 1. The van der Waals surface area contributed by atoms with Crippen molar-refractivity contribution < 1.29 is 9.50 Å². The predicted molar refractivity (Wildman–Crippen MR) is 59.4 cm³/mol. The molecule has 3 rings (SSSR count). The van der Waals surface area contributed by atoms with E-state index in [0.29, 0.717) is 5.92 Å². The number of nitrogens with zero attached hydrogens (tertiary/aromatic N) is 1. The molecule has 0 spiro atoms. The van der Waals surface area contributed by atoms with E-state index < -0.39 is 5.60 Å². The van der Waals surface area contributed by atoms with Crippen LogP contribution in [0.4, 0.5) is 4.39 Å². The van der Waals surface area contributed by atoms with Crippen LogP contribution in [-0.4, -0.2) is 28.7 Å². The maximum Gasteiger partial charge on any atom is 0.123 e. The fourth-order valence-electron chi connectivity index (χ4n) is 2.61. The zero-order valence-electron chi connectivity index (χ0n) is 9.19. The summed E-state index contributed by atoms with van der Waals surface area (Å²) >= 11 is 0. The minimum absolute atomic E-state index is 0.185. The predicted octanol–water partition coefficient (Wildman–Crippen LogP) is 1.78. The molecule has 1 aromatic rings. The summed E-state index contributed by atoms with van der Waals surface area (Å²) in [6, 6.07) is 6.68. The summed E-state index contributed by atoms with van der Waals surface area (Å²) in [4.78, 5) is 2.17. The van der Waals surface area contributed by atoms with Crippen molar-refractivity contribution >= 4 is 0 Å². The van der Waals surface area contributed by atoms with Gasteiger partial charge in [-0.1, -0.05) is 12.1 Å². The van der Waals surface area contributed by atoms with E-state index >= 15 is 0 Å². The van der Waals surface area contributed by atoms with E-state index in [-0.39, 0.29) is 5.82 Å². The lowest BCUT2D eigenvalue weighted by molar-refractivity contribution is -0.116. The van der Waals surface area contributed by atoms with Crippen molar-refractivity contribution in [1.82, 2.24) is 4.90 Å². The summed E-state index contributed by atoms with van der Waals surface area (Å²) in [7, 11) is 0. The first kappa shape index (κ1) is 10.2. The van der Waals surface area contributed by atoms with Crippen LogP contribution in [0.5, 0.6) is 0 Å². The molecule has 2 aliphatic rings. The average molecular weight is 221 g/mol. The van der Waals surface area contributed by atoms with Gasteiger partial charge in [0.1, 0.15) is 5.82 Å². The molecule has 1 saturated heterocycles.